The summed E-state index contributed by atoms with van der Waals surface area (Å²) in [5, 5.41) is 5.28. The SMILES string of the molecule is CC(NC(=O)C(Cc1ccccc1)NC(=O)c1ccco1)c1cc(F)ccc1F. The van der Waals surface area contributed by atoms with Crippen molar-refractivity contribution in [2.45, 2.75) is 25.4 Å². The zero-order valence-electron chi connectivity index (χ0n) is 15.7. The molecule has 0 aliphatic carbocycles. The zero-order valence-corrected chi connectivity index (χ0v) is 15.7. The van der Waals surface area contributed by atoms with Gasteiger partial charge in [-0.1, -0.05) is 30.3 Å². The molecule has 5 nitrogen and oxygen atoms in total. The van der Waals surface area contributed by atoms with E-state index in [1.165, 1.54) is 12.3 Å². The van der Waals surface area contributed by atoms with Crippen LogP contribution in [0.4, 0.5) is 8.78 Å². The van der Waals surface area contributed by atoms with Gasteiger partial charge in [-0.15, -0.1) is 0 Å². The molecule has 0 fully saturated rings. The first-order chi connectivity index (χ1) is 13.9. The van der Waals surface area contributed by atoms with Crippen molar-refractivity contribution in [1.82, 2.24) is 10.6 Å². The third-order valence-corrected chi connectivity index (χ3v) is 4.43. The van der Waals surface area contributed by atoms with Gasteiger partial charge >= 0.3 is 0 Å². The van der Waals surface area contributed by atoms with Gasteiger partial charge in [0.1, 0.15) is 17.7 Å². The van der Waals surface area contributed by atoms with Crippen LogP contribution in [0.3, 0.4) is 0 Å². The fourth-order valence-electron chi connectivity index (χ4n) is 2.93. The van der Waals surface area contributed by atoms with Crippen LogP contribution in [-0.2, 0) is 11.2 Å². The minimum atomic E-state index is -0.936. The maximum atomic E-state index is 14.0. The van der Waals surface area contributed by atoms with Crippen molar-refractivity contribution in [1.29, 1.82) is 0 Å². The molecule has 2 amide bonds. The third kappa shape index (κ3) is 5.28. The molecule has 2 atom stereocenters. The van der Waals surface area contributed by atoms with Crippen LogP contribution in [0.2, 0.25) is 0 Å². The van der Waals surface area contributed by atoms with Gasteiger partial charge in [-0.25, -0.2) is 8.78 Å². The standard InChI is InChI=1S/C22H20F2N2O3/c1-14(17-13-16(23)9-10-18(17)24)25-21(27)19(12-15-6-3-2-4-7-15)26-22(28)20-8-5-11-29-20/h2-11,13-14,19H,12H2,1H3,(H,25,27)(H,26,28). The molecular weight excluding hydrogens is 378 g/mol. The first kappa shape index (κ1) is 20.3. The number of amides is 2. The van der Waals surface area contributed by atoms with Gasteiger partial charge in [-0.2, -0.15) is 0 Å². The lowest BCUT2D eigenvalue weighted by atomic mass is 10.0. The number of nitrogens with one attached hydrogen (secondary N) is 2. The highest BCUT2D eigenvalue weighted by Gasteiger charge is 2.25. The summed E-state index contributed by atoms with van der Waals surface area (Å²) >= 11 is 0. The Morgan fingerprint density at radius 3 is 2.45 bits per heavy atom. The van der Waals surface area contributed by atoms with Gasteiger partial charge in [-0.05, 0) is 42.8 Å². The second-order valence-electron chi connectivity index (χ2n) is 6.59. The maximum absolute atomic E-state index is 14.0. The first-order valence-electron chi connectivity index (χ1n) is 9.07. The van der Waals surface area contributed by atoms with Crippen molar-refractivity contribution in [2.75, 3.05) is 0 Å². The number of benzene rings is 2. The number of halogens is 2. The van der Waals surface area contributed by atoms with Crippen molar-refractivity contribution in [3.05, 3.63) is 95.4 Å². The van der Waals surface area contributed by atoms with Crippen LogP contribution in [-0.4, -0.2) is 17.9 Å². The molecule has 1 heterocycles. The molecule has 0 saturated carbocycles. The first-order valence-corrected chi connectivity index (χ1v) is 9.07. The smallest absolute Gasteiger partial charge is 0.287 e. The quantitative estimate of drug-likeness (QED) is 0.636. The Morgan fingerprint density at radius 2 is 1.76 bits per heavy atom. The Labute approximate surface area is 166 Å². The average Bonchev–Trinajstić information content (AvgIpc) is 3.25. The molecule has 29 heavy (non-hydrogen) atoms. The number of carbonyl (C=O) groups is 2. The number of hydrogen-bond acceptors (Lipinski definition) is 3. The van der Waals surface area contributed by atoms with Crippen LogP contribution in [0.5, 0.6) is 0 Å². The molecule has 0 aliphatic heterocycles. The fraction of sp³-hybridized carbons (Fsp3) is 0.182. The zero-order chi connectivity index (χ0) is 20.8. The van der Waals surface area contributed by atoms with Crippen molar-refractivity contribution in [3.8, 4) is 0 Å². The topological polar surface area (TPSA) is 71.3 Å². The van der Waals surface area contributed by atoms with Gasteiger partial charge in [0.05, 0.1) is 12.3 Å². The second-order valence-corrected chi connectivity index (χ2v) is 6.59. The highest BCUT2D eigenvalue weighted by atomic mass is 19.1. The molecule has 3 rings (SSSR count). The maximum Gasteiger partial charge on any atom is 0.287 e. The normalized spacial score (nSPS) is 12.8. The van der Waals surface area contributed by atoms with E-state index >= 15 is 0 Å². The minimum absolute atomic E-state index is 0.0224. The van der Waals surface area contributed by atoms with Crippen LogP contribution < -0.4 is 10.6 Å². The van der Waals surface area contributed by atoms with Crippen molar-refractivity contribution in [3.63, 3.8) is 0 Å². The van der Waals surface area contributed by atoms with Gasteiger partial charge in [0.2, 0.25) is 5.91 Å². The minimum Gasteiger partial charge on any atom is -0.459 e. The number of carbonyl (C=O) groups excluding carboxylic acids is 2. The Hall–Kier alpha value is -3.48. The van der Waals surface area contributed by atoms with Crippen LogP contribution >= 0.6 is 0 Å². The van der Waals surface area contributed by atoms with Gasteiger partial charge in [0.25, 0.3) is 5.91 Å². The summed E-state index contributed by atoms with van der Waals surface area (Å²) in [4.78, 5) is 25.2. The van der Waals surface area contributed by atoms with E-state index in [4.69, 9.17) is 4.42 Å². The molecule has 0 spiro atoms. The van der Waals surface area contributed by atoms with Crippen molar-refractivity contribution >= 4 is 11.8 Å². The molecule has 0 aliphatic rings. The largest absolute Gasteiger partial charge is 0.459 e. The van der Waals surface area contributed by atoms with E-state index in [1.807, 2.05) is 30.3 Å². The number of hydrogen-bond donors (Lipinski definition) is 2. The van der Waals surface area contributed by atoms with E-state index in [0.29, 0.717) is 0 Å². The van der Waals surface area contributed by atoms with Gasteiger partial charge < -0.3 is 15.1 Å². The predicted molar refractivity (Wildman–Crippen MR) is 103 cm³/mol. The Kier molecular flexibility index (Phi) is 6.39. The molecule has 150 valence electrons. The summed E-state index contributed by atoms with van der Waals surface area (Å²) in [6, 6.07) is 13.5. The highest BCUT2D eigenvalue weighted by molar-refractivity contribution is 5.95. The van der Waals surface area contributed by atoms with Crippen molar-refractivity contribution in [2.24, 2.45) is 0 Å². The van der Waals surface area contributed by atoms with E-state index in [0.717, 1.165) is 23.8 Å². The molecule has 1 aromatic heterocycles. The fourth-order valence-corrected chi connectivity index (χ4v) is 2.93. The van der Waals surface area contributed by atoms with Crippen LogP contribution in [0.25, 0.3) is 0 Å². The molecule has 0 bridgehead atoms. The molecule has 3 aromatic rings. The molecule has 2 aromatic carbocycles. The van der Waals surface area contributed by atoms with Crippen LogP contribution in [0.15, 0.2) is 71.3 Å². The molecule has 0 saturated heterocycles. The van der Waals surface area contributed by atoms with Gasteiger partial charge in [0, 0.05) is 12.0 Å². The Balaban J connectivity index is 1.77. The Morgan fingerprint density at radius 1 is 1.00 bits per heavy atom. The van der Waals surface area contributed by atoms with Crippen LogP contribution in [0.1, 0.15) is 34.6 Å². The lowest BCUT2D eigenvalue weighted by molar-refractivity contribution is -0.123. The summed E-state index contributed by atoms with van der Waals surface area (Å²) in [6.45, 7) is 1.55. The van der Waals surface area contributed by atoms with E-state index in [-0.39, 0.29) is 17.7 Å². The molecule has 7 heteroatoms. The summed E-state index contributed by atoms with van der Waals surface area (Å²) in [6.07, 6.45) is 1.58. The number of rotatable bonds is 7. The highest BCUT2D eigenvalue weighted by Crippen LogP contribution is 2.18. The molecular formula is C22H20F2N2O3. The van der Waals surface area contributed by atoms with E-state index in [1.54, 1.807) is 13.0 Å². The van der Waals surface area contributed by atoms with E-state index < -0.39 is 35.5 Å². The summed E-state index contributed by atoms with van der Waals surface area (Å²) in [7, 11) is 0. The van der Waals surface area contributed by atoms with Crippen LogP contribution in [0, 0.1) is 11.6 Å². The summed E-state index contributed by atoms with van der Waals surface area (Å²) in [5.41, 5.74) is 0.853. The summed E-state index contributed by atoms with van der Waals surface area (Å²) < 4.78 is 32.6. The Bertz CT molecular complexity index is 975. The number of furan rings is 1. The lowest BCUT2D eigenvalue weighted by Crippen LogP contribution is -2.48. The van der Waals surface area contributed by atoms with E-state index in [9.17, 15) is 18.4 Å². The second kappa shape index (κ2) is 9.14. The molecule has 0 radical (unpaired) electrons. The van der Waals surface area contributed by atoms with Gasteiger partial charge in [-0.3, -0.25) is 9.59 Å². The van der Waals surface area contributed by atoms with Crippen molar-refractivity contribution < 1.29 is 22.8 Å². The summed E-state index contributed by atoms with van der Waals surface area (Å²) in [5.74, 6) is -2.23. The monoisotopic (exact) mass is 398 g/mol. The third-order valence-electron chi connectivity index (χ3n) is 4.43. The molecule has 2 unspecified atom stereocenters. The average molecular weight is 398 g/mol. The van der Waals surface area contributed by atoms with E-state index in [2.05, 4.69) is 10.6 Å². The van der Waals surface area contributed by atoms with Gasteiger partial charge in [0.15, 0.2) is 5.76 Å². The predicted octanol–water partition coefficient (Wildman–Crippen LogP) is 3.78. The lowest BCUT2D eigenvalue weighted by Gasteiger charge is -2.22. The molecule has 2 N–H and O–H groups in total.